The monoisotopic (exact) mass is 434 g/mol. The highest BCUT2D eigenvalue weighted by atomic mass is 32.2. The SMILES string of the molecule is C=CCn1c(NC(=O)CC)c(S(=O)(=O)c2ccc(C)cc2)c2nc3ccccc3nc21. The molecule has 0 radical (unpaired) electrons. The number of sulfone groups is 1. The second-order valence-corrected chi connectivity index (χ2v) is 9.07. The number of hydrogen-bond donors (Lipinski definition) is 1. The van der Waals surface area contributed by atoms with Crippen molar-refractivity contribution >= 4 is 43.8 Å². The van der Waals surface area contributed by atoms with Gasteiger partial charge < -0.3 is 9.88 Å². The van der Waals surface area contributed by atoms with Crippen molar-refractivity contribution in [3.8, 4) is 0 Å². The van der Waals surface area contributed by atoms with E-state index in [0.717, 1.165) is 5.56 Å². The van der Waals surface area contributed by atoms with E-state index in [1.807, 2.05) is 25.1 Å². The summed E-state index contributed by atoms with van der Waals surface area (Å²) in [5.74, 6) is -0.157. The lowest BCUT2D eigenvalue weighted by molar-refractivity contribution is -0.115. The second-order valence-electron chi connectivity index (χ2n) is 7.18. The zero-order chi connectivity index (χ0) is 22.2. The lowest BCUT2D eigenvalue weighted by atomic mass is 10.2. The van der Waals surface area contributed by atoms with E-state index >= 15 is 0 Å². The molecule has 0 aliphatic rings. The molecule has 1 amide bonds. The van der Waals surface area contributed by atoms with Gasteiger partial charge in [0.05, 0.1) is 15.9 Å². The van der Waals surface area contributed by atoms with Crippen LogP contribution in [0.25, 0.3) is 22.2 Å². The number of amides is 1. The first-order chi connectivity index (χ1) is 14.9. The van der Waals surface area contributed by atoms with Crippen molar-refractivity contribution in [2.75, 3.05) is 5.32 Å². The summed E-state index contributed by atoms with van der Waals surface area (Å²) in [4.78, 5) is 21.7. The number of benzene rings is 2. The molecule has 2 aromatic heterocycles. The molecule has 0 saturated heterocycles. The third-order valence-corrected chi connectivity index (χ3v) is 6.82. The number of rotatable bonds is 6. The molecule has 8 heteroatoms. The van der Waals surface area contributed by atoms with Gasteiger partial charge in [-0.05, 0) is 31.2 Å². The number of carbonyl (C=O) groups excluding carboxylic acids is 1. The van der Waals surface area contributed by atoms with Crippen LogP contribution in [0, 0.1) is 6.92 Å². The average molecular weight is 435 g/mol. The number of aryl methyl sites for hydroxylation is 1. The van der Waals surface area contributed by atoms with E-state index in [2.05, 4.69) is 21.9 Å². The number of allylic oxidation sites excluding steroid dienone is 1. The summed E-state index contributed by atoms with van der Waals surface area (Å²) in [5.41, 5.74) is 2.73. The molecule has 0 bridgehead atoms. The molecular formula is C23H22N4O3S. The Bertz CT molecular complexity index is 1420. The summed E-state index contributed by atoms with van der Waals surface area (Å²) in [6.07, 6.45) is 1.82. The quantitative estimate of drug-likeness (QED) is 0.458. The van der Waals surface area contributed by atoms with E-state index in [-0.39, 0.29) is 40.0 Å². The molecule has 0 aliphatic carbocycles. The molecule has 1 N–H and O–H groups in total. The summed E-state index contributed by atoms with van der Waals surface area (Å²) >= 11 is 0. The molecule has 0 atom stereocenters. The maximum Gasteiger partial charge on any atom is 0.225 e. The van der Waals surface area contributed by atoms with Crippen molar-refractivity contribution in [2.24, 2.45) is 0 Å². The van der Waals surface area contributed by atoms with Crippen LogP contribution in [0.15, 0.2) is 71.0 Å². The summed E-state index contributed by atoms with van der Waals surface area (Å²) in [6.45, 7) is 7.62. The van der Waals surface area contributed by atoms with Crippen molar-refractivity contribution in [1.82, 2.24) is 14.5 Å². The molecule has 158 valence electrons. The summed E-state index contributed by atoms with van der Waals surface area (Å²) in [7, 11) is -4.01. The fraction of sp³-hybridized carbons (Fsp3) is 0.174. The molecule has 4 rings (SSSR count). The molecule has 7 nitrogen and oxygen atoms in total. The number of carbonyl (C=O) groups is 1. The van der Waals surface area contributed by atoms with Crippen molar-refractivity contribution in [3.05, 3.63) is 66.7 Å². The first-order valence-corrected chi connectivity index (χ1v) is 11.4. The van der Waals surface area contributed by atoms with Gasteiger partial charge >= 0.3 is 0 Å². The summed E-state index contributed by atoms with van der Waals surface area (Å²) in [5, 5.41) is 2.76. The predicted octanol–water partition coefficient (Wildman–Crippen LogP) is 4.26. The Morgan fingerprint density at radius 3 is 2.35 bits per heavy atom. The van der Waals surface area contributed by atoms with Crippen LogP contribution in [0.3, 0.4) is 0 Å². The Morgan fingerprint density at radius 2 is 1.74 bits per heavy atom. The smallest absolute Gasteiger partial charge is 0.225 e. The number of nitrogens with one attached hydrogen (secondary N) is 1. The second kappa shape index (κ2) is 7.96. The fourth-order valence-corrected chi connectivity index (χ4v) is 4.95. The Labute approximate surface area is 180 Å². The maximum absolute atomic E-state index is 13.7. The number of nitrogens with zero attached hydrogens (tertiary/aromatic N) is 3. The standard InChI is InChI=1S/C23H22N4O3S/c1-4-14-27-22-20(24-17-8-6-7-9-18(17)25-22)21(23(27)26-19(28)5-2)31(29,30)16-12-10-15(3)11-13-16/h4,6-13H,1,5,14H2,2-3H3,(H,26,28). The largest absolute Gasteiger partial charge is 0.311 e. The van der Waals surface area contributed by atoms with Gasteiger partial charge in [-0.3, -0.25) is 4.79 Å². The molecule has 2 heterocycles. The van der Waals surface area contributed by atoms with E-state index in [1.165, 1.54) is 0 Å². The summed E-state index contributed by atoms with van der Waals surface area (Å²) < 4.78 is 29.1. The highest BCUT2D eigenvalue weighted by Crippen LogP contribution is 2.37. The summed E-state index contributed by atoms with van der Waals surface area (Å²) in [6, 6.07) is 13.8. The molecule has 0 saturated carbocycles. The molecule has 31 heavy (non-hydrogen) atoms. The van der Waals surface area contributed by atoms with Gasteiger partial charge in [0.2, 0.25) is 15.7 Å². The first-order valence-electron chi connectivity index (χ1n) is 9.88. The zero-order valence-corrected chi connectivity index (χ0v) is 18.1. The van der Waals surface area contributed by atoms with Crippen molar-refractivity contribution < 1.29 is 13.2 Å². The molecule has 0 fully saturated rings. The highest BCUT2D eigenvalue weighted by molar-refractivity contribution is 7.92. The number of hydrogen-bond acceptors (Lipinski definition) is 5. The molecule has 2 aromatic carbocycles. The van der Waals surface area contributed by atoms with Crippen LogP contribution in [0.4, 0.5) is 5.82 Å². The Balaban J connectivity index is 2.13. The van der Waals surface area contributed by atoms with Crippen molar-refractivity contribution in [2.45, 2.75) is 36.6 Å². The molecule has 4 aromatic rings. The minimum absolute atomic E-state index is 0.0618. The molecule has 0 aliphatic heterocycles. The molecular weight excluding hydrogens is 412 g/mol. The van der Waals surface area contributed by atoms with Crippen LogP contribution >= 0.6 is 0 Å². The van der Waals surface area contributed by atoms with Gasteiger partial charge in [-0.2, -0.15) is 0 Å². The minimum atomic E-state index is -4.01. The zero-order valence-electron chi connectivity index (χ0n) is 17.3. The lowest BCUT2D eigenvalue weighted by Crippen LogP contribution is -2.16. The third-order valence-electron chi connectivity index (χ3n) is 5.00. The first kappa shape index (κ1) is 20.7. The Hall–Kier alpha value is -3.52. The maximum atomic E-state index is 13.7. The minimum Gasteiger partial charge on any atom is -0.311 e. The van der Waals surface area contributed by atoms with Gasteiger partial charge in [0.15, 0.2) is 5.65 Å². The highest BCUT2D eigenvalue weighted by Gasteiger charge is 2.31. The van der Waals surface area contributed by atoms with Gasteiger partial charge in [0, 0.05) is 13.0 Å². The fourth-order valence-electron chi connectivity index (χ4n) is 3.41. The molecule has 0 unspecified atom stereocenters. The number of fused-ring (bicyclic) bond motifs is 2. The van der Waals surface area contributed by atoms with Gasteiger partial charge in [0.1, 0.15) is 16.2 Å². The van der Waals surface area contributed by atoms with Crippen molar-refractivity contribution in [3.63, 3.8) is 0 Å². The van der Waals surface area contributed by atoms with Gasteiger partial charge in [0.25, 0.3) is 0 Å². The number of aromatic nitrogens is 3. The topological polar surface area (TPSA) is 94.0 Å². The van der Waals surface area contributed by atoms with E-state index in [0.29, 0.717) is 16.7 Å². The van der Waals surface area contributed by atoms with Crippen molar-refractivity contribution in [1.29, 1.82) is 0 Å². The van der Waals surface area contributed by atoms with E-state index in [4.69, 9.17) is 0 Å². The van der Waals surface area contributed by atoms with E-state index in [9.17, 15) is 13.2 Å². The van der Waals surface area contributed by atoms with Crippen LogP contribution in [-0.4, -0.2) is 28.9 Å². The average Bonchev–Trinajstić information content (AvgIpc) is 3.05. The predicted molar refractivity (Wildman–Crippen MR) is 121 cm³/mol. The van der Waals surface area contributed by atoms with Gasteiger partial charge in [-0.15, -0.1) is 6.58 Å². The van der Waals surface area contributed by atoms with Crippen LogP contribution in [0.1, 0.15) is 18.9 Å². The number of anilines is 1. The normalized spacial score (nSPS) is 11.7. The van der Waals surface area contributed by atoms with Gasteiger partial charge in [-0.1, -0.05) is 42.8 Å². The van der Waals surface area contributed by atoms with Crippen LogP contribution in [0.5, 0.6) is 0 Å². The Kier molecular flexibility index (Phi) is 5.32. The van der Waals surface area contributed by atoms with Gasteiger partial charge in [-0.25, -0.2) is 18.4 Å². The number of para-hydroxylation sites is 2. The Morgan fingerprint density at radius 1 is 1.10 bits per heavy atom. The van der Waals surface area contributed by atoms with E-state index < -0.39 is 9.84 Å². The van der Waals surface area contributed by atoms with Crippen LogP contribution in [-0.2, 0) is 21.2 Å². The molecule has 0 spiro atoms. The van der Waals surface area contributed by atoms with E-state index in [1.54, 1.807) is 47.9 Å². The van der Waals surface area contributed by atoms with Crippen LogP contribution in [0.2, 0.25) is 0 Å². The van der Waals surface area contributed by atoms with Crippen LogP contribution < -0.4 is 5.32 Å². The third kappa shape index (κ3) is 3.59. The lowest BCUT2D eigenvalue weighted by Gasteiger charge is -2.11.